The summed E-state index contributed by atoms with van der Waals surface area (Å²) in [6, 6.07) is 21.5. The summed E-state index contributed by atoms with van der Waals surface area (Å²) < 4.78 is 0. The van der Waals surface area contributed by atoms with Crippen LogP contribution in [0.5, 0.6) is 0 Å². The van der Waals surface area contributed by atoms with Crippen molar-refractivity contribution in [3.8, 4) is 0 Å². The first-order valence-corrected chi connectivity index (χ1v) is 16.1. The van der Waals surface area contributed by atoms with Gasteiger partial charge in [-0.25, -0.2) is 0 Å². The molecular weight excluding hydrogens is 488 g/mol. The van der Waals surface area contributed by atoms with Gasteiger partial charge >= 0.3 is 0 Å². The molecule has 0 unspecified atom stereocenters. The predicted octanol–water partition coefficient (Wildman–Crippen LogP) is 9.06. The van der Waals surface area contributed by atoms with Gasteiger partial charge in [0.05, 0.1) is 0 Å². The van der Waals surface area contributed by atoms with Crippen LogP contribution < -0.4 is 0 Å². The number of carbonyl (C=O) groups is 2. The second kappa shape index (κ2) is 9.14. The molecule has 6 rings (SSSR count). The third kappa shape index (κ3) is 3.29. The number of aryl methyl sites for hydroxylation is 2. The molecule has 0 heterocycles. The lowest BCUT2D eigenvalue weighted by Crippen LogP contribution is -2.60. The van der Waals surface area contributed by atoms with Gasteiger partial charge in [0, 0.05) is 21.7 Å². The Balaban J connectivity index is 1.48. The molecule has 2 aromatic rings. The highest BCUT2D eigenvalue weighted by atomic mass is 16.1. The van der Waals surface area contributed by atoms with Crippen LogP contribution in [-0.4, -0.2) is 11.6 Å². The second-order valence-electron chi connectivity index (χ2n) is 15.6. The van der Waals surface area contributed by atoms with Crippen LogP contribution in [0.1, 0.15) is 104 Å². The molecule has 0 amide bonds. The predicted molar refractivity (Wildman–Crippen MR) is 163 cm³/mol. The Morgan fingerprint density at radius 2 is 0.925 bits per heavy atom. The van der Waals surface area contributed by atoms with Crippen molar-refractivity contribution >= 4 is 11.6 Å². The van der Waals surface area contributed by atoms with E-state index >= 15 is 9.59 Å². The van der Waals surface area contributed by atoms with Crippen LogP contribution in [0.15, 0.2) is 60.7 Å². The zero-order chi connectivity index (χ0) is 28.6. The smallest absolute Gasteiger partial charge is 0.146 e. The van der Waals surface area contributed by atoms with Gasteiger partial charge in [-0.2, -0.15) is 0 Å². The number of fused-ring (bicyclic) bond motifs is 4. The zero-order valence-electron chi connectivity index (χ0n) is 25.8. The van der Waals surface area contributed by atoms with Crippen molar-refractivity contribution in [2.45, 2.75) is 106 Å². The van der Waals surface area contributed by atoms with Gasteiger partial charge in [-0.1, -0.05) is 102 Å². The van der Waals surface area contributed by atoms with E-state index in [1.165, 1.54) is 11.1 Å². The Bertz CT molecular complexity index is 1190. The standard InChI is InChI=1S/C38H50O2/c1-33(2)29-21-25-35(33,5)31(39)37(29,23-13-19-27-15-9-7-10-16-27)38(24-14-20-28-17-11-8-12-18-28)30-22-26-36(6,32(38)40)34(30,3)4/h7-12,15-18,29-30H,13-14,19-26H2,1-6H3/t29-,30-,35-,36+,37-,38+/m0/s1. The van der Waals surface area contributed by atoms with Crippen LogP contribution >= 0.6 is 0 Å². The molecular formula is C38H50O2. The lowest BCUT2D eigenvalue weighted by atomic mass is 9.45. The van der Waals surface area contributed by atoms with Crippen molar-refractivity contribution in [1.82, 2.24) is 0 Å². The maximum Gasteiger partial charge on any atom is 0.146 e. The molecule has 214 valence electrons. The number of Topliss-reactive ketones (excluding diaryl/α,β-unsaturated/α-hetero) is 2. The Morgan fingerprint density at radius 3 is 1.23 bits per heavy atom. The van der Waals surface area contributed by atoms with Crippen LogP contribution in [-0.2, 0) is 22.4 Å². The summed E-state index contributed by atoms with van der Waals surface area (Å²) in [5.74, 6) is 1.45. The van der Waals surface area contributed by atoms with Crippen molar-refractivity contribution in [3.05, 3.63) is 71.8 Å². The molecule has 6 atom stereocenters. The minimum absolute atomic E-state index is 0.0869. The van der Waals surface area contributed by atoms with Crippen molar-refractivity contribution in [3.63, 3.8) is 0 Å². The number of benzene rings is 2. The van der Waals surface area contributed by atoms with Crippen molar-refractivity contribution in [2.75, 3.05) is 0 Å². The molecule has 2 nitrogen and oxygen atoms in total. The maximum absolute atomic E-state index is 15.3. The first kappa shape index (κ1) is 27.9. The van der Waals surface area contributed by atoms with E-state index in [0.717, 1.165) is 64.2 Å². The number of rotatable bonds is 9. The quantitative estimate of drug-likeness (QED) is 0.319. The van der Waals surface area contributed by atoms with Gasteiger partial charge in [0.2, 0.25) is 0 Å². The number of hydrogen-bond donors (Lipinski definition) is 0. The molecule has 0 aliphatic heterocycles. The average Bonchev–Trinajstić information content (AvgIpc) is 3.42. The topological polar surface area (TPSA) is 34.1 Å². The average molecular weight is 539 g/mol. The monoisotopic (exact) mass is 538 g/mol. The number of carbonyl (C=O) groups excluding carboxylic acids is 2. The van der Waals surface area contributed by atoms with Crippen LogP contribution in [0.25, 0.3) is 0 Å². The van der Waals surface area contributed by atoms with Crippen molar-refractivity contribution in [2.24, 2.45) is 44.3 Å². The van der Waals surface area contributed by atoms with E-state index in [1.807, 2.05) is 0 Å². The first-order chi connectivity index (χ1) is 18.9. The molecule has 4 bridgehead atoms. The van der Waals surface area contributed by atoms with Gasteiger partial charge in [0.1, 0.15) is 11.6 Å². The summed E-state index contributed by atoms with van der Waals surface area (Å²) >= 11 is 0. The van der Waals surface area contributed by atoms with Gasteiger partial charge in [0.25, 0.3) is 0 Å². The Morgan fingerprint density at radius 1 is 0.575 bits per heavy atom. The molecule has 4 aliphatic rings. The summed E-state index contributed by atoms with van der Waals surface area (Å²) in [6.07, 6.45) is 9.70. The fourth-order valence-electron chi connectivity index (χ4n) is 11.3. The molecule has 4 aliphatic carbocycles. The molecule has 0 saturated heterocycles. The molecule has 0 radical (unpaired) electrons. The molecule has 4 saturated carbocycles. The summed E-state index contributed by atoms with van der Waals surface area (Å²) in [4.78, 5) is 30.6. The van der Waals surface area contributed by atoms with E-state index < -0.39 is 10.8 Å². The van der Waals surface area contributed by atoms with Gasteiger partial charge in [-0.15, -0.1) is 0 Å². The van der Waals surface area contributed by atoms with Gasteiger partial charge in [-0.3, -0.25) is 9.59 Å². The van der Waals surface area contributed by atoms with Crippen LogP contribution in [0.3, 0.4) is 0 Å². The van der Waals surface area contributed by atoms with Crippen molar-refractivity contribution in [1.29, 1.82) is 0 Å². The summed E-state index contributed by atoms with van der Waals surface area (Å²) in [5.41, 5.74) is 0.686. The van der Waals surface area contributed by atoms with Crippen LogP contribution in [0.4, 0.5) is 0 Å². The highest BCUT2D eigenvalue weighted by molar-refractivity contribution is 6.05. The molecule has 2 heteroatoms. The second-order valence-corrected chi connectivity index (χ2v) is 15.6. The fraction of sp³-hybridized carbons (Fsp3) is 0.632. The Kier molecular flexibility index (Phi) is 6.38. The summed E-state index contributed by atoms with van der Waals surface area (Å²) in [7, 11) is 0. The molecule has 0 N–H and O–H groups in total. The van der Waals surface area contributed by atoms with E-state index in [1.54, 1.807) is 0 Å². The lowest BCUT2D eigenvalue weighted by Gasteiger charge is -2.56. The van der Waals surface area contributed by atoms with Crippen LogP contribution in [0, 0.1) is 44.3 Å². The summed E-state index contributed by atoms with van der Waals surface area (Å²) in [5, 5.41) is 0. The minimum atomic E-state index is -0.563. The van der Waals surface area contributed by atoms with Crippen molar-refractivity contribution < 1.29 is 9.59 Å². The van der Waals surface area contributed by atoms with Gasteiger partial charge < -0.3 is 0 Å². The SMILES string of the molecule is CC1(C)[C@@H]2CC[C@@]1(C)C(=O)[C@@]2(CCCc1ccccc1)[C@@]1(CCCc2ccccc2)C(=O)[C@@]2(C)CC[C@H]1C2(C)C. The fourth-order valence-corrected chi connectivity index (χ4v) is 11.3. The first-order valence-electron chi connectivity index (χ1n) is 16.1. The molecule has 40 heavy (non-hydrogen) atoms. The van der Waals surface area contributed by atoms with E-state index in [0.29, 0.717) is 11.6 Å². The third-order valence-corrected chi connectivity index (χ3v) is 14.0. The maximum atomic E-state index is 15.3. The van der Waals surface area contributed by atoms with Gasteiger partial charge in [-0.05, 0) is 98.0 Å². The highest BCUT2D eigenvalue weighted by Gasteiger charge is 2.85. The number of ketones is 2. The molecule has 2 aromatic carbocycles. The molecule has 0 aromatic heterocycles. The highest BCUT2D eigenvalue weighted by Crippen LogP contribution is 2.83. The lowest BCUT2D eigenvalue weighted by molar-refractivity contribution is -0.167. The number of hydrogen-bond acceptors (Lipinski definition) is 2. The minimum Gasteiger partial charge on any atom is -0.298 e. The van der Waals surface area contributed by atoms with Gasteiger partial charge in [0.15, 0.2) is 0 Å². The molecule has 0 spiro atoms. The normalized spacial score (nSPS) is 38.9. The van der Waals surface area contributed by atoms with Crippen LogP contribution in [0.2, 0.25) is 0 Å². The zero-order valence-corrected chi connectivity index (χ0v) is 25.8. The molecule has 4 fully saturated rings. The third-order valence-electron chi connectivity index (χ3n) is 14.0. The van der Waals surface area contributed by atoms with E-state index in [-0.39, 0.29) is 33.5 Å². The summed E-state index contributed by atoms with van der Waals surface area (Å²) in [6.45, 7) is 14.0. The van der Waals surface area contributed by atoms with E-state index in [2.05, 4.69) is 102 Å². The Labute approximate surface area is 242 Å². The Hall–Kier alpha value is -2.22. The van der Waals surface area contributed by atoms with E-state index in [4.69, 9.17) is 0 Å². The van der Waals surface area contributed by atoms with E-state index in [9.17, 15) is 0 Å². The largest absolute Gasteiger partial charge is 0.298 e.